The number of benzene rings is 1. The predicted octanol–water partition coefficient (Wildman–Crippen LogP) is 3.62. The molecule has 1 fully saturated rings. The summed E-state index contributed by atoms with van der Waals surface area (Å²) in [6.07, 6.45) is 9.08. The lowest BCUT2D eigenvalue weighted by Crippen LogP contribution is -2.42. The van der Waals surface area contributed by atoms with Crippen molar-refractivity contribution < 1.29 is 9.53 Å². The van der Waals surface area contributed by atoms with Gasteiger partial charge in [-0.2, -0.15) is 0 Å². The fourth-order valence-electron chi connectivity index (χ4n) is 3.96. The van der Waals surface area contributed by atoms with Crippen LogP contribution in [0.2, 0.25) is 0 Å². The number of carbonyl (C=O) groups excluding carboxylic acids is 1. The number of ether oxygens (including phenoxy) is 1. The van der Waals surface area contributed by atoms with Gasteiger partial charge in [-0.15, -0.1) is 0 Å². The Morgan fingerprint density at radius 1 is 1.15 bits per heavy atom. The van der Waals surface area contributed by atoms with Gasteiger partial charge in [0.15, 0.2) is 0 Å². The van der Waals surface area contributed by atoms with Gasteiger partial charge in [0.2, 0.25) is 0 Å². The standard InChI is InChI=1S/C18H22O2/c1-20-18(19)17-15-10-8-14(9-11-15)16(17)12-7-13-5-3-2-4-6-13/h2-6,8,10,14-17H,7,9,11-12H2,1H3/t14-,15+,16+,17+/m1/s1. The van der Waals surface area contributed by atoms with Gasteiger partial charge in [0.25, 0.3) is 0 Å². The highest BCUT2D eigenvalue weighted by molar-refractivity contribution is 5.74. The second-order valence-electron chi connectivity index (χ2n) is 6.03. The highest BCUT2D eigenvalue weighted by Crippen LogP contribution is 2.47. The maximum Gasteiger partial charge on any atom is 0.309 e. The smallest absolute Gasteiger partial charge is 0.309 e. The molecule has 1 aromatic carbocycles. The van der Waals surface area contributed by atoms with Gasteiger partial charge in [-0.05, 0) is 49.0 Å². The lowest BCUT2D eigenvalue weighted by atomic mass is 9.61. The molecule has 1 saturated carbocycles. The highest BCUT2D eigenvalue weighted by Gasteiger charge is 2.44. The van der Waals surface area contributed by atoms with Crippen molar-refractivity contribution in [2.45, 2.75) is 25.7 Å². The summed E-state index contributed by atoms with van der Waals surface area (Å²) in [6.45, 7) is 0. The van der Waals surface area contributed by atoms with Gasteiger partial charge in [-0.25, -0.2) is 0 Å². The van der Waals surface area contributed by atoms with Crippen LogP contribution in [0.1, 0.15) is 24.8 Å². The largest absolute Gasteiger partial charge is 0.469 e. The summed E-state index contributed by atoms with van der Waals surface area (Å²) < 4.78 is 5.05. The Hall–Kier alpha value is -1.57. The molecule has 0 N–H and O–H groups in total. The molecule has 2 heteroatoms. The van der Waals surface area contributed by atoms with Crippen molar-refractivity contribution in [1.29, 1.82) is 0 Å². The van der Waals surface area contributed by atoms with Gasteiger partial charge >= 0.3 is 5.97 Å². The van der Waals surface area contributed by atoms with Crippen LogP contribution in [0.4, 0.5) is 0 Å². The van der Waals surface area contributed by atoms with Crippen LogP contribution in [0, 0.1) is 23.7 Å². The number of hydrogen-bond acceptors (Lipinski definition) is 2. The average molecular weight is 270 g/mol. The van der Waals surface area contributed by atoms with E-state index in [1.807, 2.05) is 6.07 Å². The van der Waals surface area contributed by atoms with Crippen molar-refractivity contribution >= 4 is 5.97 Å². The maximum absolute atomic E-state index is 12.1. The first-order chi connectivity index (χ1) is 9.79. The van der Waals surface area contributed by atoms with E-state index >= 15 is 0 Å². The SMILES string of the molecule is COC(=O)[C@@H]1[C@@H](CCc2ccccc2)[C@@H]2C=C[C@H]1CC2. The molecule has 0 heterocycles. The molecule has 1 aromatic rings. The fraction of sp³-hybridized carbons (Fsp3) is 0.500. The lowest BCUT2D eigenvalue weighted by molar-refractivity contribution is -0.152. The molecule has 3 aliphatic carbocycles. The van der Waals surface area contributed by atoms with Crippen LogP contribution >= 0.6 is 0 Å². The normalized spacial score (nSPS) is 31.2. The third kappa shape index (κ3) is 2.52. The van der Waals surface area contributed by atoms with Gasteiger partial charge in [0.1, 0.15) is 0 Å². The van der Waals surface area contributed by atoms with Gasteiger partial charge in [0.05, 0.1) is 13.0 Å². The molecule has 4 atom stereocenters. The van der Waals surface area contributed by atoms with Crippen LogP contribution in [0.25, 0.3) is 0 Å². The summed E-state index contributed by atoms with van der Waals surface area (Å²) in [4.78, 5) is 12.1. The molecule has 2 nitrogen and oxygen atoms in total. The van der Waals surface area contributed by atoms with E-state index in [0.29, 0.717) is 17.8 Å². The monoisotopic (exact) mass is 270 g/mol. The first-order valence-corrected chi connectivity index (χ1v) is 7.59. The third-order valence-electron chi connectivity index (χ3n) is 4.99. The Balaban J connectivity index is 1.73. The van der Waals surface area contributed by atoms with Crippen LogP contribution in [-0.4, -0.2) is 13.1 Å². The van der Waals surface area contributed by atoms with Gasteiger partial charge in [0, 0.05) is 0 Å². The van der Waals surface area contributed by atoms with Crippen LogP contribution in [-0.2, 0) is 16.0 Å². The van der Waals surface area contributed by atoms with Crippen LogP contribution < -0.4 is 0 Å². The van der Waals surface area contributed by atoms with Gasteiger partial charge < -0.3 is 4.74 Å². The number of fused-ring (bicyclic) bond motifs is 2. The Kier molecular flexibility index (Phi) is 3.90. The summed E-state index contributed by atoms with van der Waals surface area (Å²) >= 11 is 0. The van der Waals surface area contributed by atoms with Crippen molar-refractivity contribution in [3.8, 4) is 0 Å². The number of esters is 1. The van der Waals surface area contributed by atoms with E-state index in [2.05, 4.69) is 36.4 Å². The molecule has 0 saturated heterocycles. The van der Waals surface area contributed by atoms with Crippen molar-refractivity contribution in [2.24, 2.45) is 23.7 Å². The van der Waals surface area contributed by atoms with Gasteiger partial charge in [-0.3, -0.25) is 4.79 Å². The number of rotatable bonds is 4. The van der Waals surface area contributed by atoms with Crippen molar-refractivity contribution in [2.75, 3.05) is 7.11 Å². The molecule has 4 rings (SSSR count). The van der Waals surface area contributed by atoms with Gasteiger partial charge in [-0.1, -0.05) is 42.5 Å². The quantitative estimate of drug-likeness (QED) is 0.617. The second-order valence-corrected chi connectivity index (χ2v) is 6.03. The Morgan fingerprint density at radius 3 is 2.50 bits per heavy atom. The minimum Gasteiger partial charge on any atom is -0.469 e. The molecule has 0 spiro atoms. The minimum atomic E-state index is -0.0119. The molecule has 0 unspecified atom stereocenters. The summed E-state index contributed by atoms with van der Waals surface area (Å²) in [5.41, 5.74) is 1.36. The average Bonchev–Trinajstić information content (AvgIpc) is 2.53. The second kappa shape index (κ2) is 5.82. The number of allylic oxidation sites excluding steroid dienone is 2. The molecule has 2 bridgehead atoms. The molecule has 0 aliphatic heterocycles. The summed E-state index contributed by atoms with van der Waals surface area (Å²) in [5.74, 6) is 1.47. The van der Waals surface area contributed by atoms with E-state index in [1.54, 1.807) is 0 Å². The fourth-order valence-corrected chi connectivity index (χ4v) is 3.96. The molecule has 0 radical (unpaired) electrons. The molecule has 0 aromatic heterocycles. The van der Waals surface area contributed by atoms with Crippen molar-refractivity contribution in [3.63, 3.8) is 0 Å². The number of hydrogen-bond donors (Lipinski definition) is 0. The Bertz CT molecular complexity index is 491. The topological polar surface area (TPSA) is 26.3 Å². The zero-order chi connectivity index (χ0) is 13.9. The first kappa shape index (κ1) is 13.4. The molecule has 20 heavy (non-hydrogen) atoms. The van der Waals surface area contributed by atoms with E-state index in [-0.39, 0.29) is 11.9 Å². The third-order valence-corrected chi connectivity index (χ3v) is 4.99. The summed E-state index contributed by atoms with van der Waals surface area (Å²) in [5, 5.41) is 0. The van der Waals surface area contributed by atoms with E-state index in [0.717, 1.165) is 19.3 Å². The molecule has 106 valence electrons. The van der Waals surface area contributed by atoms with Crippen LogP contribution in [0.3, 0.4) is 0 Å². The molecule has 3 aliphatic rings. The predicted molar refractivity (Wildman–Crippen MR) is 79.1 cm³/mol. The first-order valence-electron chi connectivity index (χ1n) is 7.59. The van der Waals surface area contributed by atoms with Crippen LogP contribution in [0.5, 0.6) is 0 Å². The Morgan fingerprint density at radius 2 is 1.85 bits per heavy atom. The lowest BCUT2D eigenvalue weighted by Gasteiger charge is -2.43. The van der Waals surface area contributed by atoms with E-state index in [9.17, 15) is 4.79 Å². The molecular formula is C18H22O2. The number of aryl methyl sites for hydroxylation is 1. The molecule has 0 amide bonds. The van der Waals surface area contributed by atoms with E-state index in [4.69, 9.17) is 4.74 Å². The summed E-state index contributed by atoms with van der Waals surface area (Å²) in [7, 11) is 1.52. The minimum absolute atomic E-state index is 0.0119. The van der Waals surface area contributed by atoms with E-state index in [1.165, 1.54) is 19.1 Å². The molecular weight excluding hydrogens is 248 g/mol. The van der Waals surface area contributed by atoms with Crippen molar-refractivity contribution in [3.05, 3.63) is 48.0 Å². The number of carbonyl (C=O) groups is 1. The summed E-state index contributed by atoms with van der Waals surface area (Å²) in [6, 6.07) is 10.6. The van der Waals surface area contributed by atoms with Crippen LogP contribution in [0.15, 0.2) is 42.5 Å². The van der Waals surface area contributed by atoms with Crippen molar-refractivity contribution in [1.82, 2.24) is 0 Å². The number of methoxy groups -OCH3 is 1. The zero-order valence-corrected chi connectivity index (χ0v) is 12.0. The maximum atomic E-state index is 12.1. The highest BCUT2D eigenvalue weighted by atomic mass is 16.5. The Labute approximate surface area is 120 Å². The zero-order valence-electron chi connectivity index (χ0n) is 12.0. The van der Waals surface area contributed by atoms with E-state index < -0.39 is 0 Å².